The second kappa shape index (κ2) is 9.67. The van der Waals surface area contributed by atoms with Crippen molar-refractivity contribution in [3.63, 3.8) is 0 Å². The smallest absolute Gasteiger partial charge is 0.191 e. The molecule has 0 bridgehead atoms. The molecule has 106 valence electrons. The van der Waals surface area contributed by atoms with Gasteiger partial charge in [0.05, 0.1) is 6.54 Å². The monoisotopic (exact) mass is 283 g/mol. The highest BCUT2D eigenvalue weighted by atomic mass is 32.2. The normalized spacial score (nSPS) is 11.4. The van der Waals surface area contributed by atoms with E-state index in [1.54, 1.807) is 12.1 Å². The summed E-state index contributed by atoms with van der Waals surface area (Å²) in [7, 11) is 0. The molecule has 0 fully saturated rings. The van der Waals surface area contributed by atoms with Crippen LogP contribution in [0, 0.1) is 5.82 Å². The van der Waals surface area contributed by atoms with Crippen molar-refractivity contribution >= 4 is 17.7 Å². The van der Waals surface area contributed by atoms with Gasteiger partial charge in [-0.05, 0) is 43.0 Å². The molecule has 1 aromatic carbocycles. The molecule has 0 heterocycles. The molecule has 0 radical (unpaired) electrons. The lowest BCUT2D eigenvalue weighted by molar-refractivity contribution is 0.627. The third kappa shape index (κ3) is 7.06. The van der Waals surface area contributed by atoms with Crippen molar-refractivity contribution in [3.8, 4) is 0 Å². The fourth-order valence-corrected chi connectivity index (χ4v) is 1.96. The Morgan fingerprint density at radius 3 is 2.63 bits per heavy atom. The zero-order chi connectivity index (χ0) is 13.9. The van der Waals surface area contributed by atoms with E-state index in [1.807, 2.05) is 18.7 Å². The minimum absolute atomic E-state index is 0.213. The summed E-state index contributed by atoms with van der Waals surface area (Å²) in [6.07, 6.45) is 3.22. The number of halogens is 1. The zero-order valence-electron chi connectivity index (χ0n) is 11.6. The van der Waals surface area contributed by atoms with Crippen molar-refractivity contribution in [1.29, 1.82) is 0 Å². The van der Waals surface area contributed by atoms with E-state index in [0.29, 0.717) is 6.54 Å². The number of guanidine groups is 1. The summed E-state index contributed by atoms with van der Waals surface area (Å²) in [5.41, 5.74) is 1.00. The lowest BCUT2D eigenvalue weighted by Crippen LogP contribution is -2.37. The SMILES string of the molecule is CCNC(=NCc1ccc(F)cc1)NCCCSC. The van der Waals surface area contributed by atoms with Gasteiger partial charge in [0.1, 0.15) is 5.82 Å². The van der Waals surface area contributed by atoms with Crippen molar-refractivity contribution in [2.45, 2.75) is 19.9 Å². The van der Waals surface area contributed by atoms with Crippen LogP contribution in [0.25, 0.3) is 0 Å². The first kappa shape index (κ1) is 15.8. The predicted molar refractivity (Wildman–Crippen MR) is 82.2 cm³/mol. The number of hydrogen-bond acceptors (Lipinski definition) is 2. The Bertz CT molecular complexity index is 379. The Labute approximate surface area is 119 Å². The third-order valence-corrected chi connectivity index (χ3v) is 3.19. The van der Waals surface area contributed by atoms with E-state index < -0.39 is 0 Å². The molecule has 0 saturated heterocycles. The number of aliphatic imine (C=N–C) groups is 1. The van der Waals surface area contributed by atoms with Crippen LogP contribution < -0.4 is 10.6 Å². The molecule has 1 rings (SSSR count). The van der Waals surface area contributed by atoms with E-state index in [4.69, 9.17) is 0 Å². The lowest BCUT2D eigenvalue weighted by atomic mass is 10.2. The Morgan fingerprint density at radius 1 is 1.26 bits per heavy atom. The lowest BCUT2D eigenvalue weighted by Gasteiger charge is -2.10. The summed E-state index contributed by atoms with van der Waals surface area (Å²) in [4.78, 5) is 4.48. The second-order valence-corrected chi connectivity index (χ2v) is 5.08. The predicted octanol–water partition coefficient (Wildman–Crippen LogP) is 2.63. The van der Waals surface area contributed by atoms with Gasteiger partial charge in [0.15, 0.2) is 5.96 Å². The van der Waals surface area contributed by atoms with E-state index in [0.717, 1.165) is 36.8 Å². The number of rotatable bonds is 7. The molecule has 5 heteroatoms. The molecule has 0 amide bonds. The quantitative estimate of drug-likeness (QED) is 0.459. The van der Waals surface area contributed by atoms with Crippen LogP contribution in [0.15, 0.2) is 29.3 Å². The number of nitrogens with zero attached hydrogens (tertiary/aromatic N) is 1. The van der Waals surface area contributed by atoms with E-state index in [-0.39, 0.29) is 5.82 Å². The average molecular weight is 283 g/mol. The van der Waals surface area contributed by atoms with Crippen LogP contribution in [0.1, 0.15) is 18.9 Å². The summed E-state index contributed by atoms with van der Waals surface area (Å²) >= 11 is 1.84. The van der Waals surface area contributed by atoms with Crippen LogP contribution in [0.5, 0.6) is 0 Å². The van der Waals surface area contributed by atoms with Gasteiger partial charge in [0.25, 0.3) is 0 Å². The average Bonchev–Trinajstić information content (AvgIpc) is 2.42. The number of benzene rings is 1. The van der Waals surface area contributed by atoms with Gasteiger partial charge in [-0.2, -0.15) is 11.8 Å². The molecule has 0 unspecified atom stereocenters. The molecule has 0 saturated carbocycles. The van der Waals surface area contributed by atoms with Crippen LogP contribution in [0.3, 0.4) is 0 Å². The molecule has 0 atom stereocenters. The number of hydrogen-bond donors (Lipinski definition) is 2. The van der Waals surface area contributed by atoms with Gasteiger partial charge in [-0.3, -0.25) is 0 Å². The van der Waals surface area contributed by atoms with Crippen LogP contribution in [0.2, 0.25) is 0 Å². The van der Waals surface area contributed by atoms with Gasteiger partial charge in [-0.15, -0.1) is 0 Å². The molecule has 1 aromatic rings. The fourth-order valence-electron chi connectivity index (χ4n) is 1.53. The van der Waals surface area contributed by atoms with Crippen molar-refractivity contribution in [2.24, 2.45) is 4.99 Å². The zero-order valence-corrected chi connectivity index (χ0v) is 12.4. The summed E-state index contributed by atoms with van der Waals surface area (Å²) in [6, 6.07) is 6.44. The van der Waals surface area contributed by atoms with Crippen molar-refractivity contribution in [1.82, 2.24) is 10.6 Å². The standard InChI is InChI=1S/C14H22FN3S/c1-3-16-14(17-9-4-10-19-2)18-11-12-5-7-13(15)8-6-12/h5-8H,3-4,9-11H2,1-2H3,(H2,16,17,18). The van der Waals surface area contributed by atoms with E-state index >= 15 is 0 Å². The first-order valence-electron chi connectivity index (χ1n) is 6.51. The van der Waals surface area contributed by atoms with Crippen molar-refractivity contribution < 1.29 is 4.39 Å². The number of thioether (sulfide) groups is 1. The highest BCUT2D eigenvalue weighted by molar-refractivity contribution is 7.98. The van der Waals surface area contributed by atoms with Gasteiger partial charge in [-0.1, -0.05) is 12.1 Å². The van der Waals surface area contributed by atoms with Gasteiger partial charge >= 0.3 is 0 Å². The Morgan fingerprint density at radius 2 is 2.00 bits per heavy atom. The first-order chi connectivity index (χ1) is 9.26. The fraction of sp³-hybridized carbons (Fsp3) is 0.500. The Kier molecular flexibility index (Phi) is 8.05. The summed E-state index contributed by atoms with van der Waals surface area (Å²) in [6.45, 7) is 4.34. The Hall–Kier alpha value is -1.23. The minimum Gasteiger partial charge on any atom is -0.357 e. The molecule has 0 aliphatic carbocycles. The van der Waals surface area contributed by atoms with E-state index in [1.165, 1.54) is 12.1 Å². The summed E-state index contributed by atoms with van der Waals surface area (Å²) in [5.74, 6) is 1.74. The molecule has 3 nitrogen and oxygen atoms in total. The molecule has 0 aliphatic rings. The van der Waals surface area contributed by atoms with Gasteiger partial charge in [0.2, 0.25) is 0 Å². The summed E-state index contributed by atoms with van der Waals surface area (Å²) < 4.78 is 12.8. The Balaban J connectivity index is 2.45. The van der Waals surface area contributed by atoms with E-state index in [2.05, 4.69) is 21.9 Å². The molecule has 0 aromatic heterocycles. The minimum atomic E-state index is -0.213. The maximum absolute atomic E-state index is 12.8. The highest BCUT2D eigenvalue weighted by Crippen LogP contribution is 2.03. The second-order valence-electron chi connectivity index (χ2n) is 4.09. The van der Waals surface area contributed by atoms with Crippen LogP contribution >= 0.6 is 11.8 Å². The maximum atomic E-state index is 12.8. The van der Waals surface area contributed by atoms with Crippen molar-refractivity contribution in [2.75, 3.05) is 25.1 Å². The van der Waals surface area contributed by atoms with E-state index in [9.17, 15) is 4.39 Å². The van der Waals surface area contributed by atoms with Gasteiger partial charge in [-0.25, -0.2) is 9.38 Å². The van der Waals surface area contributed by atoms with Crippen LogP contribution in [-0.4, -0.2) is 31.1 Å². The summed E-state index contributed by atoms with van der Waals surface area (Å²) in [5, 5.41) is 6.49. The molecule has 19 heavy (non-hydrogen) atoms. The number of nitrogens with one attached hydrogen (secondary N) is 2. The molecular weight excluding hydrogens is 261 g/mol. The molecular formula is C14H22FN3S. The highest BCUT2D eigenvalue weighted by Gasteiger charge is 1.97. The van der Waals surface area contributed by atoms with Gasteiger partial charge < -0.3 is 10.6 Å². The van der Waals surface area contributed by atoms with Crippen molar-refractivity contribution in [3.05, 3.63) is 35.6 Å². The topological polar surface area (TPSA) is 36.4 Å². The van der Waals surface area contributed by atoms with Crippen LogP contribution in [-0.2, 0) is 6.54 Å². The largest absolute Gasteiger partial charge is 0.357 e. The molecule has 0 spiro atoms. The third-order valence-electron chi connectivity index (χ3n) is 2.49. The first-order valence-corrected chi connectivity index (χ1v) is 7.91. The molecule has 0 aliphatic heterocycles. The molecule has 2 N–H and O–H groups in total. The van der Waals surface area contributed by atoms with Gasteiger partial charge in [0, 0.05) is 13.1 Å². The van der Waals surface area contributed by atoms with Crippen LogP contribution in [0.4, 0.5) is 4.39 Å². The maximum Gasteiger partial charge on any atom is 0.191 e.